The molecule has 2 aromatic heterocycles. The zero-order valence-electron chi connectivity index (χ0n) is 11.1. The van der Waals surface area contributed by atoms with Crippen LogP contribution in [-0.2, 0) is 13.1 Å². The number of carbonyl (C=O) groups is 1. The van der Waals surface area contributed by atoms with E-state index in [1.54, 1.807) is 34.0 Å². The van der Waals surface area contributed by atoms with Gasteiger partial charge in [-0.05, 0) is 13.3 Å². The molecule has 7 heteroatoms. The van der Waals surface area contributed by atoms with E-state index in [1.807, 2.05) is 6.92 Å². The number of hydrogen-bond acceptors (Lipinski definition) is 3. The number of hydrogen-bond donors (Lipinski definition) is 2. The average Bonchev–Trinajstić information content (AvgIpc) is 3.00. The molecule has 0 aliphatic carbocycles. The minimum atomic E-state index is -0.298. The number of nitrogens with one attached hydrogen (secondary N) is 2. The van der Waals surface area contributed by atoms with Gasteiger partial charge in [0.2, 0.25) is 0 Å². The quantitative estimate of drug-likeness (QED) is 0.866. The molecule has 0 atom stereocenters. The van der Waals surface area contributed by atoms with Crippen molar-refractivity contribution in [1.29, 1.82) is 0 Å². The number of amides is 2. The van der Waals surface area contributed by atoms with E-state index in [-0.39, 0.29) is 6.03 Å². The van der Waals surface area contributed by atoms with E-state index >= 15 is 0 Å². The minimum absolute atomic E-state index is 0.298. The van der Waals surface area contributed by atoms with Crippen molar-refractivity contribution in [2.24, 2.45) is 0 Å². The Morgan fingerprint density at radius 3 is 2.84 bits per heavy atom. The fraction of sp³-hybridized carbons (Fsp3) is 0.417. The van der Waals surface area contributed by atoms with Gasteiger partial charge in [-0.25, -0.2) is 9.48 Å². The maximum absolute atomic E-state index is 11.8. The van der Waals surface area contributed by atoms with Crippen LogP contribution in [0.25, 0.3) is 0 Å². The van der Waals surface area contributed by atoms with Gasteiger partial charge in [0.15, 0.2) is 0 Å². The highest BCUT2D eigenvalue weighted by atomic mass is 16.2. The molecule has 0 bridgehead atoms. The van der Waals surface area contributed by atoms with Crippen molar-refractivity contribution in [3.63, 3.8) is 0 Å². The highest BCUT2D eigenvalue weighted by Gasteiger charge is 2.07. The van der Waals surface area contributed by atoms with E-state index in [0.717, 1.165) is 19.5 Å². The van der Waals surface area contributed by atoms with E-state index in [9.17, 15) is 4.79 Å². The van der Waals surface area contributed by atoms with Gasteiger partial charge in [-0.3, -0.25) is 10.00 Å². The molecule has 0 spiro atoms. The topological polar surface area (TPSA) is 76.8 Å². The summed E-state index contributed by atoms with van der Waals surface area (Å²) < 4.78 is 3.51. The third-order valence-electron chi connectivity index (χ3n) is 2.61. The van der Waals surface area contributed by atoms with Gasteiger partial charge in [-0.2, -0.15) is 10.2 Å². The SMILES string of the molecule is CCCn1nccc1NC(=O)Nc1cnn(CC)c1. The van der Waals surface area contributed by atoms with E-state index in [0.29, 0.717) is 11.5 Å². The van der Waals surface area contributed by atoms with Crippen LogP contribution in [-0.4, -0.2) is 25.6 Å². The van der Waals surface area contributed by atoms with Crippen LogP contribution in [0.4, 0.5) is 16.3 Å². The molecule has 19 heavy (non-hydrogen) atoms. The van der Waals surface area contributed by atoms with Gasteiger partial charge in [0, 0.05) is 25.4 Å². The molecule has 7 nitrogen and oxygen atoms in total. The van der Waals surface area contributed by atoms with Crippen LogP contribution in [0.5, 0.6) is 0 Å². The van der Waals surface area contributed by atoms with E-state index < -0.39 is 0 Å². The second kappa shape index (κ2) is 6.03. The second-order valence-corrected chi connectivity index (χ2v) is 4.10. The molecule has 0 unspecified atom stereocenters. The largest absolute Gasteiger partial charge is 0.324 e. The summed E-state index contributed by atoms with van der Waals surface area (Å²) in [5.74, 6) is 0.683. The lowest BCUT2D eigenvalue weighted by Crippen LogP contribution is -2.21. The molecule has 0 aromatic carbocycles. The Morgan fingerprint density at radius 2 is 2.16 bits per heavy atom. The highest BCUT2D eigenvalue weighted by molar-refractivity contribution is 5.98. The van der Waals surface area contributed by atoms with Crippen LogP contribution in [0.2, 0.25) is 0 Å². The summed E-state index contributed by atoms with van der Waals surface area (Å²) in [6.07, 6.45) is 6.02. The van der Waals surface area contributed by atoms with Crippen molar-refractivity contribution in [3.8, 4) is 0 Å². The first-order valence-electron chi connectivity index (χ1n) is 6.35. The Bertz CT molecular complexity index is 544. The monoisotopic (exact) mass is 262 g/mol. The maximum Gasteiger partial charge on any atom is 0.324 e. The number of anilines is 2. The molecule has 2 N–H and O–H groups in total. The van der Waals surface area contributed by atoms with Crippen LogP contribution in [0.3, 0.4) is 0 Å². The van der Waals surface area contributed by atoms with Crippen molar-refractivity contribution in [3.05, 3.63) is 24.7 Å². The van der Waals surface area contributed by atoms with Gasteiger partial charge < -0.3 is 5.32 Å². The fourth-order valence-corrected chi connectivity index (χ4v) is 1.71. The summed E-state index contributed by atoms with van der Waals surface area (Å²) in [6, 6.07) is 1.47. The zero-order chi connectivity index (χ0) is 13.7. The van der Waals surface area contributed by atoms with E-state index in [2.05, 4.69) is 27.8 Å². The summed E-state index contributed by atoms with van der Waals surface area (Å²) in [7, 11) is 0. The van der Waals surface area contributed by atoms with Crippen molar-refractivity contribution in [2.75, 3.05) is 10.6 Å². The van der Waals surface area contributed by atoms with E-state index in [4.69, 9.17) is 0 Å². The highest BCUT2D eigenvalue weighted by Crippen LogP contribution is 2.09. The molecule has 2 aromatic rings. The Balaban J connectivity index is 1.95. The summed E-state index contributed by atoms with van der Waals surface area (Å²) in [6.45, 7) is 5.59. The summed E-state index contributed by atoms with van der Waals surface area (Å²) >= 11 is 0. The van der Waals surface area contributed by atoms with Gasteiger partial charge >= 0.3 is 6.03 Å². The zero-order valence-corrected chi connectivity index (χ0v) is 11.1. The van der Waals surface area contributed by atoms with Gasteiger partial charge in [-0.15, -0.1) is 0 Å². The van der Waals surface area contributed by atoms with Crippen molar-refractivity contribution >= 4 is 17.5 Å². The predicted molar refractivity (Wildman–Crippen MR) is 73.1 cm³/mol. The van der Waals surface area contributed by atoms with Crippen molar-refractivity contribution < 1.29 is 4.79 Å². The first-order chi connectivity index (χ1) is 9.22. The molecule has 0 saturated heterocycles. The molecule has 0 saturated carbocycles. The van der Waals surface area contributed by atoms with Gasteiger partial charge in [-0.1, -0.05) is 6.92 Å². The molecular weight excluding hydrogens is 244 g/mol. The number of nitrogens with zero attached hydrogens (tertiary/aromatic N) is 4. The molecule has 0 aliphatic heterocycles. The Kier molecular flexibility index (Phi) is 4.17. The van der Waals surface area contributed by atoms with Crippen LogP contribution in [0.15, 0.2) is 24.7 Å². The lowest BCUT2D eigenvalue weighted by atomic mass is 10.5. The Labute approximate surface area is 111 Å². The second-order valence-electron chi connectivity index (χ2n) is 4.10. The molecule has 0 fully saturated rings. The van der Waals surface area contributed by atoms with Crippen LogP contribution in [0.1, 0.15) is 20.3 Å². The van der Waals surface area contributed by atoms with Gasteiger partial charge in [0.25, 0.3) is 0 Å². The Hall–Kier alpha value is -2.31. The number of urea groups is 1. The van der Waals surface area contributed by atoms with E-state index in [1.165, 1.54) is 0 Å². The molecular formula is C12H18N6O. The molecule has 2 amide bonds. The lowest BCUT2D eigenvalue weighted by molar-refractivity contribution is 0.262. The van der Waals surface area contributed by atoms with Crippen molar-refractivity contribution in [1.82, 2.24) is 19.6 Å². The van der Waals surface area contributed by atoms with Gasteiger partial charge in [0.05, 0.1) is 18.1 Å². The number of rotatable bonds is 5. The number of aryl methyl sites for hydroxylation is 2. The standard InChI is InChI=1S/C12H18N6O/c1-3-7-18-11(5-6-13-18)16-12(19)15-10-8-14-17(4-2)9-10/h5-6,8-9H,3-4,7H2,1-2H3,(H2,15,16,19). The third kappa shape index (κ3) is 3.34. The predicted octanol–water partition coefficient (Wildman–Crippen LogP) is 2.15. The average molecular weight is 262 g/mol. The maximum atomic E-state index is 11.8. The van der Waals surface area contributed by atoms with Crippen LogP contribution < -0.4 is 10.6 Å². The minimum Gasteiger partial charge on any atom is -0.305 e. The molecule has 0 radical (unpaired) electrons. The summed E-state index contributed by atoms with van der Waals surface area (Å²) in [5, 5.41) is 13.7. The molecule has 102 valence electrons. The first-order valence-corrected chi connectivity index (χ1v) is 6.35. The van der Waals surface area contributed by atoms with Gasteiger partial charge in [0.1, 0.15) is 5.82 Å². The number of carbonyl (C=O) groups excluding carboxylic acids is 1. The van der Waals surface area contributed by atoms with Crippen molar-refractivity contribution in [2.45, 2.75) is 33.4 Å². The smallest absolute Gasteiger partial charge is 0.305 e. The molecule has 0 aliphatic rings. The molecule has 2 rings (SSSR count). The summed E-state index contributed by atoms with van der Waals surface area (Å²) in [4.78, 5) is 11.8. The normalized spacial score (nSPS) is 10.4. The fourth-order valence-electron chi connectivity index (χ4n) is 1.71. The third-order valence-corrected chi connectivity index (χ3v) is 2.61. The lowest BCUT2D eigenvalue weighted by Gasteiger charge is -2.08. The van der Waals surface area contributed by atoms with Crippen LogP contribution >= 0.6 is 0 Å². The molecule has 2 heterocycles. The Morgan fingerprint density at radius 1 is 1.32 bits per heavy atom. The number of aromatic nitrogens is 4. The first kappa shape index (κ1) is 13.1. The summed E-state index contributed by atoms with van der Waals surface area (Å²) in [5.41, 5.74) is 0.668. The van der Waals surface area contributed by atoms with Crippen LogP contribution in [0, 0.1) is 0 Å².